The van der Waals surface area contributed by atoms with Gasteiger partial charge in [-0.05, 0) is 0 Å². The molecule has 0 aromatic heterocycles. The minimum absolute atomic E-state index is 0.170. The summed E-state index contributed by atoms with van der Waals surface area (Å²) < 4.78 is 0. The van der Waals surface area contributed by atoms with Gasteiger partial charge in [-0.3, -0.25) is 9.59 Å². The Bertz CT molecular complexity index is 189. The van der Waals surface area contributed by atoms with E-state index in [4.69, 9.17) is 31.9 Å². The lowest BCUT2D eigenvalue weighted by atomic mass is 10.2. The fourth-order valence-corrected chi connectivity index (χ4v) is 0.578. The van der Waals surface area contributed by atoms with Crippen LogP contribution in [0.3, 0.4) is 0 Å². The number of hydrogen-bond donors (Lipinski definition) is 6. The van der Waals surface area contributed by atoms with Crippen LogP contribution in [0.25, 0.3) is 0 Å². The molecular formula is C8H18N2O6. The Morgan fingerprint density at radius 3 is 1.19 bits per heavy atom. The Morgan fingerprint density at radius 1 is 0.875 bits per heavy atom. The third-order valence-corrected chi connectivity index (χ3v) is 1.34. The smallest absolute Gasteiger partial charge is 0.305 e. The van der Waals surface area contributed by atoms with E-state index in [1.165, 1.54) is 0 Å². The van der Waals surface area contributed by atoms with E-state index in [0.717, 1.165) is 0 Å². The Balaban J connectivity index is 0. The van der Waals surface area contributed by atoms with Crippen molar-refractivity contribution in [3.05, 3.63) is 0 Å². The van der Waals surface area contributed by atoms with Crippen molar-refractivity contribution in [2.45, 2.75) is 24.9 Å². The van der Waals surface area contributed by atoms with Crippen LogP contribution in [0, 0.1) is 0 Å². The Hall–Kier alpha value is -1.22. The number of aliphatic carboxylic acids is 2. The molecule has 0 aliphatic rings. The maximum atomic E-state index is 9.78. The molecule has 2 unspecified atom stereocenters. The van der Waals surface area contributed by atoms with Gasteiger partial charge in [-0.2, -0.15) is 0 Å². The third kappa shape index (κ3) is 15.3. The molecule has 0 aromatic rings. The minimum Gasteiger partial charge on any atom is -0.481 e. The van der Waals surface area contributed by atoms with E-state index in [0.29, 0.717) is 0 Å². The van der Waals surface area contributed by atoms with Crippen LogP contribution in [-0.4, -0.2) is 57.7 Å². The average Bonchev–Trinajstić information content (AvgIpc) is 2.16. The highest BCUT2D eigenvalue weighted by molar-refractivity contribution is 5.67. The molecule has 0 aliphatic heterocycles. The molecule has 0 amide bonds. The summed E-state index contributed by atoms with van der Waals surface area (Å²) in [5.74, 6) is -1.96. The van der Waals surface area contributed by atoms with Gasteiger partial charge in [0.15, 0.2) is 0 Å². The molecule has 8 heteroatoms. The molecule has 0 aliphatic carbocycles. The van der Waals surface area contributed by atoms with E-state index in [2.05, 4.69) is 0 Å². The number of aliphatic hydroxyl groups is 2. The zero-order valence-electron chi connectivity index (χ0n) is 8.74. The summed E-state index contributed by atoms with van der Waals surface area (Å²) in [5, 5.41) is 32.4. The van der Waals surface area contributed by atoms with Crippen LogP contribution < -0.4 is 11.5 Å². The lowest BCUT2D eigenvalue weighted by molar-refractivity contribution is -0.138. The van der Waals surface area contributed by atoms with Crippen molar-refractivity contribution >= 4 is 11.9 Å². The van der Waals surface area contributed by atoms with Crippen LogP contribution in [0.4, 0.5) is 0 Å². The van der Waals surface area contributed by atoms with Crippen LogP contribution >= 0.6 is 0 Å². The normalized spacial score (nSPS) is 13.2. The lowest BCUT2D eigenvalue weighted by Crippen LogP contribution is -2.27. The maximum Gasteiger partial charge on any atom is 0.305 e. The molecule has 0 rings (SSSR count). The molecule has 0 fully saturated rings. The standard InChI is InChI=1S/2C4H9NO3/c2*5-3(2-6)1-4(7)8/h2*3,6H,1-2,5H2,(H,7,8). The third-order valence-electron chi connectivity index (χ3n) is 1.34. The van der Waals surface area contributed by atoms with Gasteiger partial charge in [0.05, 0.1) is 26.1 Å². The molecule has 0 spiro atoms. The van der Waals surface area contributed by atoms with Crippen molar-refractivity contribution in [1.29, 1.82) is 0 Å². The first kappa shape index (κ1) is 17.2. The number of carboxylic acid groups (broad SMARTS) is 2. The molecule has 0 bridgehead atoms. The Kier molecular flexibility index (Phi) is 11.1. The fourth-order valence-electron chi connectivity index (χ4n) is 0.578. The minimum atomic E-state index is -0.980. The largest absolute Gasteiger partial charge is 0.481 e. The summed E-state index contributed by atoms with van der Waals surface area (Å²) >= 11 is 0. The number of rotatable bonds is 6. The molecule has 8 nitrogen and oxygen atoms in total. The molecular weight excluding hydrogens is 220 g/mol. The van der Waals surface area contributed by atoms with Gasteiger partial charge in [0.2, 0.25) is 0 Å². The molecule has 96 valence electrons. The van der Waals surface area contributed by atoms with Crippen LogP contribution in [0.15, 0.2) is 0 Å². The predicted molar refractivity (Wildman–Crippen MR) is 54.6 cm³/mol. The van der Waals surface area contributed by atoms with E-state index < -0.39 is 24.0 Å². The molecule has 0 saturated carbocycles. The van der Waals surface area contributed by atoms with Gasteiger partial charge in [-0.25, -0.2) is 0 Å². The van der Waals surface area contributed by atoms with Gasteiger partial charge in [0.1, 0.15) is 0 Å². The summed E-state index contributed by atoms with van der Waals surface area (Å²) in [7, 11) is 0. The molecule has 0 saturated heterocycles. The van der Waals surface area contributed by atoms with Crippen molar-refractivity contribution in [2.24, 2.45) is 11.5 Å². The highest BCUT2D eigenvalue weighted by atomic mass is 16.4. The zero-order chi connectivity index (χ0) is 13.1. The first-order chi connectivity index (χ1) is 7.33. The van der Waals surface area contributed by atoms with Crippen LogP contribution in [-0.2, 0) is 9.59 Å². The van der Waals surface area contributed by atoms with Crippen LogP contribution in [0.2, 0.25) is 0 Å². The quantitative estimate of drug-likeness (QED) is 0.296. The van der Waals surface area contributed by atoms with Crippen molar-refractivity contribution in [3.8, 4) is 0 Å². The molecule has 0 radical (unpaired) electrons. The molecule has 0 heterocycles. The lowest BCUT2D eigenvalue weighted by Gasteiger charge is -2.00. The predicted octanol–water partition coefficient (Wildman–Crippen LogP) is -2.44. The van der Waals surface area contributed by atoms with E-state index in [1.54, 1.807) is 0 Å². The summed E-state index contributed by atoms with van der Waals surface area (Å²) in [5.41, 5.74) is 10.1. The van der Waals surface area contributed by atoms with Crippen molar-refractivity contribution in [2.75, 3.05) is 13.2 Å². The van der Waals surface area contributed by atoms with Crippen LogP contribution in [0.1, 0.15) is 12.8 Å². The van der Waals surface area contributed by atoms with E-state index in [-0.39, 0.29) is 26.1 Å². The monoisotopic (exact) mass is 238 g/mol. The number of carboxylic acids is 2. The Labute approximate surface area is 92.5 Å². The second-order valence-corrected chi connectivity index (χ2v) is 3.08. The molecule has 2 atom stereocenters. The molecule has 8 N–H and O–H groups in total. The van der Waals surface area contributed by atoms with Crippen molar-refractivity contribution in [3.63, 3.8) is 0 Å². The highest BCUT2D eigenvalue weighted by Gasteiger charge is 2.04. The first-order valence-corrected chi connectivity index (χ1v) is 4.49. The van der Waals surface area contributed by atoms with E-state index in [9.17, 15) is 9.59 Å². The first-order valence-electron chi connectivity index (χ1n) is 4.49. The topological polar surface area (TPSA) is 167 Å². The van der Waals surface area contributed by atoms with Crippen molar-refractivity contribution < 1.29 is 30.0 Å². The van der Waals surface area contributed by atoms with Gasteiger partial charge in [-0.15, -0.1) is 0 Å². The van der Waals surface area contributed by atoms with Crippen molar-refractivity contribution in [1.82, 2.24) is 0 Å². The van der Waals surface area contributed by atoms with Gasteiger partial charge >= 0.3 is 11.9 Å². The summed E-state index contributed by atoms with van der Waals surface area (Å²) in [4.78, 5) is 19.6. The van der Waals surface area contributed by atoms with E-state index in [1.807, 2.05) is 0 Å². The SMILES string of the molecule is NC(CO)CC(=O)O.NC(CO)CC(=O)O. The second-order valence-electron chi connectivity index (χ2n) is 3.08. The van der Waals surface area contributed by atoms with Gasteiger partial charge in [-0.1, -0.05) is 0 Å². The molecule has 16 heavy (non-hydrogen) atoms. The number of hydrogen-bond acceptors (Lipinski definition) is 6. The number of carbonyl (C=O) groups is 2. The van der Waals surface area contributed by atoms with Crippen LogP contribution in [0.5, 0.6) is 0 Å². The number of nitrogens with two attached hydrogens (primary N) is 2. The summed E-state index contributed by atoms with van der Waals surface area (Å²) in [6.45, 7) is -0.543. The molecule has 0 aromatic carbocycles. The summed E-state index contributed by atoms with van der Waals surface area (Å²) in [6, 6.07) is -1.24. The van der Waals surface area contributed by atoms with Gasteiger partial charge in [0.25, 0.3) is 0 Å². The average molecular weight is 238 g/mol. The van der Waals surface area contributed by atoms with Gasteiger partial charge in [0, 0.05) is 12.1 Å². The summed E-state index contributed by atoms with van der Waals surface area (Å²) in [6.07, 6.45) is -0.340. The maximum absolute atomic E-state index is 9.78. The fraction of sp³-hybridized carbons (Fsp3) is 0.750. The second kappa shape index (κ2) is 10.3. The zero-order valence-corrected chi connectivity index (χ0v) is 8.74. The highest BCUT2D eigenvalue weighted by Crippen LogP contribution is 1.84. The number of aliphatic hydroxyl groups excluding tert-OH is 2. The Morgan fingerprint density at radius 2 is 1.12 bits per heavy atom. The van der Waals surface area contributed by atoms with Gasteiger partial charge < -0.3 is 31.9 Å². The van der Waals surface area contributed by atoms with E-state index >= 15 is 0 Å².